The number of aryl methyl sites for hydroxylation is 1. The van der Waals surface area contributed by atoms with Gasteiger partial charge in [0.15, 0.2) is 6.61 Å². The molecule has 2 aromatic rings. The van der Waals surface area contributed by atoms with Crippen molar-refractivity contribution in [3.8, 4) is 5.75 Å². The molecule has 7 heteroatoms. The number of ether oxygens (including phenoxy) is 1. The van der Waals surface area contributed by atoms with Crippen molar-refractivity contribution < 1.29 is 17.9 Å². The third kappa shape index (κ3) is 5.33. The second-order valence-corrected chi connectivity index (χ2v) is 8.93. The second kappa shape index (κ2) is 9.21. The van der Waals surface area contributed by atoms with E-state index in [9.17, 15) is 13.2 Å². The van der Waals surface area contributed by atoms with Gasteiger partial charge in [0.2, 0.25) is 10.0 Å². The quantitative estimate of drug-likeness (QED) is 0.801. The summed E-state index contributed by atoms with van der Waals surface area (Å²) in [5, 5.41) is 2.76. The number of hydrogen-bond acceptors (Lipinski definition) is 4. The molecule has 1 aliphatic rings. The molecule has 1 amide bonds. The van der Waals surface area contributed by atoms with E-state index in [1.54, 1.807) is 16.4 Å². The molecule has 3 rings (SSSR count). The molecule has 0 aliphatic carbocycles. The Balaban J connectivity index is 1.56. The van der Waals surface area contributed by atoms with Crippen molar-refractivity contribution in [2.24, 2.45) is 0 Å². The molecule has 2 aromatic carbocycles. The Labute approximate surface area is 166 Å². The van der Waals surface area contributed by atoms with Crippen LogP contribution in [0.15, 0.2) is 53.4 Å². The molecule has 1 heterocycles. The largest absolute Gasteiger partial charge is 0.484 e. The summed E-state index contributed by atoms with van der Waals surface area (Å²) in [6.45, 7) is 2.97. The van der Waals surface area contributed by atoms with Crippen LogP contribution in [0.4, 0.5) is 5.69 Å². The van der Waals surface area contributed by atoms with Gasteiger partial charge in [0, 0.05) is 18.8 Å². The fraction of sp³-hybridized carbons (Fsp3) is 0.381. The fourth-order valence-corrected chi connectivity index (χ4v) is 4.64. The number of amides is 1. The van der Waals surface area contributed by atoms with Crippen LogP contribution in [0, 0.1) is 6.92 Å². The number of benzene rings is 2. The average Bonchev–Trinajstić information content (AvgIpc) is 2.99. The minimum atomic E-state index is -3.48. The highest BCUT2D eigenvalue weighted by Gasteiger charge is 2.25. The Kier molecular flexibility index (Phi) is 6.70. The summed E-state index contributed by atoms with van der Waals surface area (Å²) in [7, 11) is -3.48. The van der Waals surface area contributed by atoms with E-state index in [1.807, 2.05) is 31.2 Å². The highest BCUT2D eigenvalue weighted by atomic mass is 32.2. The third-order valence-electron chi connectivity index (χ3n) is 4.73. The summed E-state index contributed by atoms with van der Waals surface area (Å²) in [5.74, 6) is 0.180. The van der Waals surface area contributed by atoms with E-state index in [-0.39, 0.29) is 17.4 Å². The van der Waals surface area contributed by atoms with Crippen molar-refractivity contribution in [3.63, 3.8) is 0 Å². The molecule has 0 unspecified atom stereocenters. The van der Waals surface area contributed by atoms with Crippen LogP contribution in [0.2, 0.25) is 0 Å². The molecule has 0 bridgehead atoms. The molecule has 1 saturated heterocycles. The van der Waals surface area contributed by atoms with Crippen molar-refractivity contribution >= 4 is 21.6 Å². The van der Waals surface area contributed by atoms with Crippen LogP contribution in [0.3, 0.4) is 0 Å². The molecule has 28 heavy (non-hydrogen) atoms. The van der Waals surface area contributed by atoms with Crippen LogP contribution in [0.1, 0.15) is 31.2 Å². The summed E-state index contributed by atoms with van der Waals surface area (Å²) in [5.41, 5.74) is 1.82. The average molecular weight is 403 g/mol. The number of carbonyl (C=O) groups excluding carboxylic acids is 1. The lowest BCUT2D eigenvalue weighted by Gasteiger charge is -2.20. The van der Waals surface area contributed by atoms with Gasteiger partial charge in [-0.2, -0.15) is 4.31 Å². The summed E-state index contributed by atoms with van der Waals surface area (Å²) >= 11 is 0. The van der Waals surface area contributed by atoms with Gasteiger partial charge in [0.25, 0.3) is 5.91 Å². The van der Waals surface area contributed by atoms with E-state index in [4.69, 9.17) is 4.74 Å². The minimum absolute atomic E-state index is 0.147. The van der Waals surface area contributed by atoms with Crippen LogP contribution in [-0.4, -0.2) is 38.3 Å². The van der Waals surface area contributed by atoms with E-state index in [2.05, 4.69) is 5.32 Å². The monoisotopic (exact) mass is 402 g/mol. The smallest absolute Gasteiger partial charge is 0.262 e. The molecular formula is C21H26N2O4S. The Hall–Kier alpha value is -2.38. The van der Waals surface area contributed by atoms with Gasteiger partial charge in [-0.05, 0) is 56.2 Å². The molecule has 1 aliphatic heterocycles. The summed E-state index contributed by atoms with van der Waals surface area (Å²) in [4.78, 5) is 12.3. The van der Waals surface area contributed by atoms with Gasteiger partial charge in [-0.25, -0.2) is 8.42 Å². The highest BCUT2D eigenvalue weighted by molar-refractivity contribution is 7.89. The van der Waals surface area contributed by atoms with Gasteiger partial charge >= 0.3 is 0 Å². The summed E-state index contributed by atoms with van der Waals surface area (Å²) in [6, 6.07) is 13.7. The fourth-order valence-electron chi connectivity index (χ4n) is 3.12. The van der Waals surface area contributed by atoms with Gasteiger partial charge < -0.3 is 10.1 Å². The van der Waals surface area contributed by atoms with Crippen molar-refractivity contribution in [1.29, 1.82) is 0 Å². The van der Waals surface area contributed by atoms with Crippen molar-refractivity contribution in [3.05, 3.63) is 54.1 Å². The Morgan fingerprint density at radius 1 is 0.964 bits per heavy atom. The number of hydrogen-bond donors (Lipinski definition) is 1. The first-order chi connectivity index (χ1) is 13.4. The lowest BCUT2D eigenvalue weighted by Crippen LogP contribution is -2.31. The predicted octanol–water partition coefficient (Wildman–Crippen LogP) is 3.58. The predicted molar refractivity (Wildman–Crippen MR) is 109 cm³/mol. The van der Waals surface area contributed by atoms with Crippen LogP contribution in [0.25, 0.3) is 0 Å². The molecule has 0 aromatic heterocycles. The standard InChI is InChI=1S/C21H26N2O4S/c1-17-6-8-18(9-7-17)22-21(24)16-27-19-10-12-20(13-11-19)28(25,26)23-14-4-2-3-5-15-23/h6-13H,2-5,14-16H2,1H3,(H,22,24). The van der Waals surface area contributed by atoms with E-state index in [0.717, 1.165) is 31.2 Å². The number of rotatable bonds is 6. The zero-order valence-corrected chi connectivity index (χ0v) is 16.9. The summed E-state index contributed by atoms with van der Waals surface area (Å²) in [6.07, 6.45) is 3.94. The van der Waals surface area contributed by atoms with Crippen LogP contribution in [-0.2, 0) is 14.8 Å². The zero-order chi connectivity index (χ0) is 20.0. The number of anilines is 1. The Morgan fingerprint density at radius 2 is 1.57 bits per heavy atom. The summed E-state index contributed by atoms with van der Waals surface area (Å²) < 4.78 is 32.6. The lowest BCUT2D eigenvalue weighted by molar-refractivity contribution is -0.118. The van der Waals surface area contributed by atoms with Gasteiger partial charge in [0.1, 0.15) is 5.75 Å². The first-order valence-electron chi connectivity index (χ1n) is 9.55. The first-order valence-corrected chi connectivity index (χ1v) is 11.0. The molecule has 6 nitrogen and oxygen atoms in total. The van der Waals surface area contributed by atoms with Gasteiger partial charge in [-0.15, -0.1) is 0 Å². The maximum absolute atomic E-state index is 12.8. The van der Waals surface area contributed by atoms with Crippen LogP contribution >= 0.6 is 0 Å². The number of carbonyl (C=O) groups is 1. The van der Waals surface area contributed by atoms with Crippen molar-refractivity contribution in [2.75, 3.05) is 25.0 Å². The molecule has 0 atom stereocenters. The highest BCUT2D eigenvalue weighted by Crippen LogP contribution is 2.22. The van der Waals surface area contributed by atoms with Gasteiger partial charge in [-0.3, -0.25) is 4.79 Å². The van der Waals surface area contributed by atoms with Crippen molar-refractivity contribution in [2.45, 2.75) is 37.5 Å². The molecule has 0 saturated carbocycles. The van der Waals surface area contributed by atoms with E-state index < -0.39 is 10.0 Å². The molecule has 1 fully saturated rings. The Bertz CT molecular complexity index is 885. The molecule has 1 N–H and O–H groups in total. The normalized spacial score (nSPS) is 15.6. The number of nitrogens with zero attached hydrogens (tertiary/aromatic N) is 1. The van der Waals surface area contributed by atoms with Crippen LogP contribution in [0.5, 0.6) is 5.75 Å². The number of sulfonamides is 1. The maximum Gasteiger partial charge on any atom is 0.262 e. The molecular weight excluding hydrogens is 376 g/mol. The second-order valence-electron chi connectivity index (χ2n) is 6.99. The zero-order valence-electron chi connectivity index (χ0n) is 16.1. The maximum atomic E-state index is 12.8. The van der Waals surface area contributed by atoms with Crippen LogP contribution < -0.4 is 10.1 Å². The minimum Gasteiger partial charge on any atom is -0.484 e. The number of nitrogens with one attached hydrogen (secondary N) is 1. The lowest BCUT2D eigenvalue weighted by atomic mass is 10.2. The van der Waals surface area contributed by atoms with Gasteiger partial charge in [-0.1, -0.05) is 30.5 Å². The van der Waals surface area contributed by atoms with E-state index in [0.29, 0.717) is 24.5 Å². The molecule has 0 spiro atoms. The van der Waals surface area contributed by atoms with Gasteiger partial charge in [0.05, 0.1) is 4.90 Å². The topological polar surface area (TPSA) is 75.7 Å². The van der Waals surface area contributed by atoms with E-state index in [1.165, 1.54) is 12.1 Å². The molecule has 0 radical (unpaired) electrons. The molecule has 150 valence electrons. The third-order valence-corrected chi connectivity index (χ3v) is 6.64. The Morgan fingerprint density at radius 3 is 2.18 bits per heavy atom. The first kappa shape index (κ1) is 20.4. The SMILES string of the molecule is Cc1ccc(NC(=O)COc2ccc(S(=O)(=O)N3CCCCCC3)cc2)cc1. The van der Waals surface area contributed by atoms with Crippen molar-refractivity contribution in [1.82, 2.24) is 4.31 Å². The van der Waals surface area contributed by atoms with E-state index >= 15 is 0 Å².